The number of nitrogens with zero attached hydrogens (tertiary/aromatic N) is 3. The molecule has 1 aliphatic rings. The summed E-state index contributed by atoms with van der Waals surface area (Å²) in [7, 11) is 1.66. The average molecular weight is 294 g/mol. The van der Waals surface area contributed by atoms with E-state index in [-0.39, 0.29) is 6.04 Å². The Hall–Kier alpha value is -3.02. The molecule has 3 heterocycles. The van der Waals surface area contributed by atoms with E-state index in [4.69, 9.17) is 9.15 Å². The maximum atomic E-state index is 5.54. The highest BCUT2D eigenvalue weighted by atomic mass is 16.5. The van der Waals surface area contributed by atoms with Crippen LogP contribution in [0.25, 0.3) is 5.70 Å². The smallest absolute Gasteiger partial charge is 0.226 e. The topological polar surface area (TPSA) is 65.1 Å². The number of ether oxygens (including phenoxy) is 1. The zero-order valence-electron chi connectivity index (χ0n) is 11.9. The highest BCUT2D eigenvalue weighted by molar-refractivity contribution is 5.77. The first-order chi connectivity index (χ1) is 10.8. The van der Waals surface area contributed by atoms with E-state index in [0.29, 0.717) is 5.95 Å². The van der Waals surface area contributed by atoms with Crippen molar-refractivity contribution in [2.24, 2.45) is 0 Å². The number of furan rings is 1. The molecule has 0 aliphatic carbocycles. The predicted molar refractivity (Wildman–Crippen MR) is 81.5 cm³/mol. The van der Waals surface area contributed by atoms with Gasteiger partial charge in [0.05, 0.1) is 13.4 Å². The fourth-order valence-electron chi connectivity index (χ4n) is 2.55. The second-order valence-corrected chi connectivity index (χ2v) is 4.93. The molecule has 0 saturated carbocycles. The summed E-state index contributed by atoms with van der Waals surface area (Å²) in [6.45, 7) is 0. The number of hydrogen-bond acceptors (Lipinski definition) is 5. The van der Waals surface area contributed by atoms with Gasteiger partial charge in [0.1, 0.15) is 23.9 Å². The first-order valence-corrected chi connectivity index (χ1v) is 6.91. The molecule has 6 heteroatoms. The van der Waals surface area contributed by atoms with E-state index in [0.717, 1.165) is 22.8 Å². The molecule has 4 rings (SSSR count). The van der Waals surface area contributed by atoms with Crippen molar-refractivity contribution < 1.29 is 9.15 Å². The van der Waals surface area contributed by atoms with E-state index >= 15 is 0 Å². The average Bonchev–Trinajstić information content (AvgIpc) is 3.25. The van der Waals surface area contributed by atoms with Crippen LogP contribution in [0.15, 0.2) is 59.5 Å². The summed E-state index contributed by atoms with van der Waals surface area (Å²) in [5.74, 6) is 2.30. The van der Waals surface area contributed by atoms with E-state index in [1.165, 1.54) is 6.33 Å². The lowest BCUT2D eigenvalue weighted by molar-refractivity contribution is 0.414. The van der Waals surface area contributed by atoms with Crippen molar-refractivity contribution in [2.75, 3.05) is 12.4 Å². The third kappa shape index (κ3) is 2.05. The van der Waals surface area contributed by atoms with Crippen LogP contribution < -0.4 is 10.1 Å². The lowest BCUT2D eigenvalue weighted by Crippen LogP contribution is -2.19. The monoisotopic (exact) mass is 294 g/mol. The minimum Gasteiger partial charge on any atom is -0.497 e. The van der Waals surface area contributed by atoms with Crippen LogP contribution >= 0.6 is 0 Å². The second kappa shape index (κ2) is 5.07. The molecular formula is C16H14N4O2. The zero-order valence-corrected chi connectivity index (χ0v) is 11.9. The van der Waals surface area contributed by atoms with Crippen molar-refractivity contribution >= 4 is 11.6 Å². The van der Waals surface area contributed by atoms with Crippen molar-refractivity contribution in [1.29, 1.82) is 0 Å². The summed E-state index contributed by atoms with van der Waals surface area (Å²) in [5, 5.41) is 7.56. The van der Waals surface area contributed by atoms with E-state index in [2.05, 4.69) is 21.5 Å². The van der Waals surface area contributed by atoms with Gasteiger partial charge in [0, 0.05) is 11.3 Å². The van der Waals surface area contributed by atoms with Crippen LogP contribution in [-0.2, 0) is 0 Å². The molecule has 1 atom stereocenters. The predicted octanol–water partition coefficient (Wildman–Crippen LogP) is 2.94. The molecule has 0 spiro atoms. The summed E-state index contributed by atoms with van der Waals surface area (Å²) in [6, 6.07) is 11.5. The van der Waals surface area contributed by atoms with Gasteiger partial charge in [0.2, 0.25) is 5.95 Å². The number of fused-ring (bicyclic) bond motifs is 1. The summed E-state index contributed by atoms with van der Waals surface area (Å²) in [4.78, 5) is 4.26. The van der Waals surface area contributed by atoms with Gasteiger partial charge in [-0.1, -0.05) is 12.1 Å². The van der Waals surface area contributed by atoms with Crippen molar-refractivity contribution in [1.82, 2.24) is 14.8 Å². The van der Waals surface area contributed by atoms with Gasteiger partial charge in [-0.05, 0) is 30.3 Å². The number of nitrogens with one attached hydrogen (secondary N) is 1. The van der Waals surface area contributed by atoms with Gasteiger partial charge in [-0.2, -0.15) is 10.1 Å². The molecule has 0 bridgehead atoms. The largest absolute Gasteiger partial charge is 0.497 e. The molecule has 2 aromatic heterocycles. The van der Waals surface area contributed by atoms with Gasteiger partial charge < -0.3 is 14.5 Å². The Morgan fingerprint density at radius 1 is 1.27 bits per heavy atom. The number of methoxy groups -OCH3 is 1. The molecule has 110 valence electrons. The summed E-state index contributed by atoms with van der Waals surface area (Å²) in [5.41, 5.74) is 1.96. The van der Waals surface area contributed by atoms with Crippen LogP contribution in [0, 0.1) is 0 Å². The SMILES string of the molecule is COc1cccc(C2=CC(c3ccco3)n3ncnc3N2)c1. The maximum absolute atomic E-state index is 5.54. The third-order valence-corrected chi connectivity index (χ3v) is 3.62. The molecule has 1 N–H and O–H groups in total. The molecule has 1 unspecified atom stereocenters. The number of benzene rings is 1. The van der Waals surface area contributed by atoms with E-state index in [1.54, 1.807) is 18.1 Å². The van der Waals surface area contributed by atoms with Gasteiger partial charge in [-0.3, -0.25) is 0 Å². The zero-order chi connectivity index (χ0) is 14.9. The number of anilines is 1. The Labute approximate surface area is 127 Å². The van der Waals surface area contributed by atoms with E-state index < -0.39 is 0 Å². The first-order valence-electron chi connectivity index (χ1n) is 6.91. The Morgan fingerprint density at radius 3 is 3.05 bits per heavy atom. The normalized spacial score (nSPS) is 16.6. The van der Waals surface area contributed by atoms with Gasteiger partial charge in [0.25, 0.3) is 0 Å². The highest BCUT2D eigenvalue weighted by Crippen LogP contribution is 2.32. The number of allylic oxidation sites excluding steroid dienone is 1. The summed E-state index contributed by atoms with van der Waals surface area (Å²) < 4.78 is 12.6. The molecule has 0 saturated heterocycles. The van der Waals surface area contributed by atoms with Crippen LogP contribution in [0.3, 0.4) is 0 Å². The van der Waals surface area contributed by atoms with Crippen molar-refractivity contribution in [3.05, 3.63) is 66.4 Å². The summed E-state index contributed by atoms with van der Waals surface area (Å²) >= 11 is 0. The quantitative estimate of drug-likeness (QED) is 0.804. The molecule has 1 aromatic carbocycles. The first kappa shape index (κ1) is 12.7. The van der Waals surface area contributed by atoms with E-state index in [9.17, 15) is 0 Å². The van der Waals surface area contributed by atoms with Crippen LogP contribution in [0.1, 0.15) is 17.4 Å². The molecule has 3 aromatic rings. The Bertz CT molecular complexity index is 820. The fourth-order valence-corrected chi connectivity index (χ4v) is 2.55. The van der Waals surface area contributed by atoms with Crippen molar-refractivity contribution in [2.45, 2.75) is 6.04 Å². The molecule has 0 fully saturated rings. The number of rotatable bonds is 3. The number of hydrogen-bond donors (Lipinski definition) is 1. The van der Waals surface area contributed by atoms with Crippen molar-refractivity contribution in [3.8, 4) is 5.75 Å². The Morgan fingerprint density at radius 2 is 2.23 bits per heavy atom. The molecule has 1 aliphatic heterocycles. The van der Waals surface area contributed by atoms with Gasteiger partial charge in [0.15, 0.2) is 0 Å². The molecule has 0 radical (unpaired) electrons. The van der Waals surface area contributed by atoms with Crippen molar-refractivity contribution in [3.63, 3.8) is 0 Å². The fraction of sp³-hybridized carbons (Fsp3) is 0.125. The highest BCUT2D eigenvalue weighted by Gasteiger charge is 2.25. The van der Waals surface area contributed by atoms with Crippen LogP contribution in [0.4, 0.5) is 5.95 Å². The molecular weight excluding hydrogens is 280 g/mol. The Balaban J connectivity index is 1.80. The Kier molecular flexibility index (Phi) is 2.93. The minimum atomic E-state index is -0.130. The van der Waals surface area contributed by atoms with Gasteiger partial charge in [-0.15, -0.1) is 0 Å². The van der Waals surface area contributed by atoms with E-state index in [1.807, 2.05) is 36.4 Å². The van der Waals surface area contributed by atoms with Crippen LogP contribution in [0.2, 0.25) is 0 Å². The summed E-state index contributed by atoms with van der Waals surface area (Å²) in [6.07, 6.45) is 5.25. The van der Waals surface area contributed by atoms with Gasteiger partial charge in [-0.25, -0.2) is 4.68 Å². The van der Waals surface area contributed by atoms with Crippen LogP contribution in [0.5, 0.6) is 5.75 Å². The minimum absolute atomic E-state index is 0.130. The lowest BCUT2D eigenvalue weighted by Gasteiger charge is -2.22. The number of aromatic nitrogens is 3. The van der Waals surface area contributed by atoms with Crippen LogP contribution in [-0.4, -0.2) is 21.9 Å². The third-order valence-electron chi connectivity index (χ3n) is 3.62. The maximum Gasteiger partial charge on any atom is 0.226 e. The molecule has 6 nitrogen and oxygen atoms in total. The lowest BCUT2D eigenvalue weighted by atomic mass is 10.1. The standard InChI is InChI=1S/C16H14N4O2/c1-21-12-5-2-4-11(8-12)13-9-14(15-6-3-7-22-15)20-16(19-13)17-10-18-20/h2-10,14H,1H3,(H,17,18,19). The van der Waals surface area contributed by atoms with Gasteiger partial charge >= 0.3 is 0 Å². The molecule has 22 heavy (non-hydrogen) atoms. The molecule has 0 amide bonds. The second-order valence-electron chi connectivity index (χ2n) is 4.93.